The van der Waals surface area contributed by atoms with E-state index >= 15 is 0 Å². The van der Waals surface area contributed by atoms with E-state index in [2.05, 4.69) is 20.1 Å². The van der Waals surface area contributed by atoms with Gasteiger partial charge < -0.3 is 5.32 Å². The number of rotatable bonds is 6. The molecule has 0 atom stereocenters. The normalized spacial score (nSPS) is 13.8. The number of halogens is 2. The fourth-order valence-electron chi connectivity index (χ4n) is 2.52. The summed E-state index contributed by atoms with van der Waals surface area (Å²) in [4.78, 5) is 13.3. The van der Waals surface area contributed by atoms with Gasteiger partial charge in [-0.3, -0.25) is 9.36 Å². The van der Waals surface area contributed by atoms with E-state index in [0.717, 1.165) is 28.7 Å². The lowest BCUT2D eigenvalue weighted by atomic mass is 10.3. The third kappa shape index (κ3) is 3.77. The summed E-state index contributed by atoms with van der Waals surface area (Å²) in [6.45, 7) is 0. The first-order chi connectivity index (χ1) is 12.6. The highest BCUT2D eigenvalue weighted by molar-refractivity contribution is 7.99. The van der Waals surface area contributed by atoms with Gasteiger partial charge in [0, 0.05) is 6.04 Å². The fraction of sp³-hybridized carbons (Fsp3) is 0.235. The van der Waals surface area contributed by atoms with E-state index in [-0.39, 0.29) is 16.7 Å². The molecule has 0 aliphatic heterocycles. The second kappa shape index (κ2) is 7.38. The molecule has 1 aromatic carbocycles. The number of aromatic nitrogens is 3. The number of carbonyl (C=O) groups excluding carboxylic acids is 1. The second-order valence-corrected chi connectivity index (χ2v) is 8.14. The number of amides is 1. The first kappa shape index (κ1) is 17.5. The van der Waals surface area contributed by atoms with Gasteiger partial charge in [-0.2, -0.15) is 0 Å². The summed E-state index contributed by atoms with van der Waals surface area (Å²) >= 11 is 8.89. The quantitative estimate of drug-likeness (QED) is 0.591. The maximum absolute atomic E-state index is 13.1. The molecule has 5 nitrogen and oxygen atoms in total. The predicted molar refractivity (Wildman–Crippen MR) is 102 cm³/mol. The summed E-state index contributed by atoms with van der Waals surface area (Å²) < 4.78 is 15.2. The average Bonchev–Trinajstić information content (AvgIpc) is 3.14. The number of benzene rings is 1. The number of hydrogen-bond acceptors (Lipinski definition) is 5. The largest absolute Gasteiger partial charge is 0.324 e. The Morgan fingerprint density at radius 1 is 1.38 bits per heavy atom. The highest BCUT2D eigenvalue weighted by Crippen LogP contribution is 2.41. The van der Waals surface area contributed by atoms with Gasteiger partial charge >= 0.3 is 0 Å². The van der Waals surface area contributed by atoms with Gasteiger partial charge in [-0.05, 0) is 42.5 Å². The Hall–Kier alpha value is -1.90. The number of carbonyl (C=O) groups is 1. The first-order valence-electron chi connectivity index (χ1n) is 7.98. The molecule has 134 valence electrons. The zero-order valence-electron chi connectivity index (χ0n) is 13.5. The summed E-state index contributed by atoms with van der Waals surface area (Å²) in [6.07, 6.45) is 2.20. The monoisotopic (exact) mass is 408 g/mol. The van der Waals surface area contributed by atoms with Gasteiger partial charge in [0.15, 0.2) is 11.0 Å². The molecule has 1 fully saturated rings. The van der Waals surface area contributed by atoms with Crippen molar-refractivity contribution in [3.05, 3.63) is 46.6 Å². The van der Waals surface area contributed by atoms with Gasteiger partial charge in [0.1, 0.15) is 5.82 Å². The molecule has 4 rings (SSSR count). The maximum atomic E-state index is 13.1. The molecule has 2 aromatic heterocycles. The molecule has 2 heterocycles. The average molecular weight is 409 g/mol. The molecule has 0 spiro atoms. The van der Waals surface area contributed by atoms with Gasteiger partial charge in [-0.25, -0.2) is 4.39 Å². The Balaban J connectivity index is 1.45. The van der Waals surface area contributed by atoms with Crippen molar-refractivity contribution in [1.29, 1.82) is 0 Å². The van der Waals surface area contributed by atoms with Crippen LogP contribution >= 0.6 is 34.7 Å². The number of hydrogen-bond donors (Lipinski definition) is 1. The van der Waals surface area contributed by atoms with Crippen molar-refractivity contribution < 1.29 is 9.18 Å². The zero-order chi connectivity index (χ0) is 18.1. The van der Waals surface area contributed by atoms with Gasteiger partial charge in [0.2, 0.25) is 5.91 Å². The molecule has 3 aromatic rings. The highest BCUT2D eigenvalue weighted by atomic mass is 35.5. The minimum Gasteiger partial charge on any atom is -0.324 e. The van der Waals surface area contributed by atoms with Gasteiger partial charge in [0.25, 0.3) is 0 Å². The van der Waals surface area contributed by atoms with E-state index in [9.17, 15) is 9.18 Å². The number of nitrogens with zero attached hydrogens (tertiary/aromatic N) is 3. The van der Waals surface area contributed by atoms with Crippen molar-refractivity contribution >= 4 is 46.3 Å². The number of thiophene rings is 1. The summed E-state index contributed by atoms with van der Waals surface area (Å²) in [5, 5.41) is 14.2. The van der Waals surface area contributed by atoms with E-state index in [4.69, 9.17) is 11.6 Å². The Bertz CT molecular complexity index is 940. The van der Waals surface area contributed by atoms with Crippen LogP contribution in [0.15, 0.2) is 40.9 Å². The molecular formula is C17H14ClFN4OS2. The summed E-state index contributed by atoms with van der Waals surface area (Å²) in [7, 11) is 0. The summed E-state index contributed by atoms with van der Waals surface area (Å²) in [5.74, 6) is 0.350. The van der Waals surface area contributed by atoms with E-state index in [1.165, 1.54) is 30.0 Å². The van der Waals surface area contributed by atoms with Gasteiger partial charge in [0.05, 0.1) is 21.3 Å². The van der Waals surface area contributed by atoms with Crippen LogP contribution in [0.25, 0.3) is 10.7 Å². The van der Waals surface area contributed by atoms with Crippen molar-refractivity contribution in [1.82, 2.24) is 14.8 Å². The summed E-state index contributed by atoms with van der Waals surface area (Å²) in [5.41, 5.74) is 0.390. The van der Waals surface area contributed by atoms with Gasteiger partial charge in [-0.1, -0.05) is 29.4 Å². The third-order valence-electron chi connectivity index (χ3n) is 3.86. The molecule has 1 amide bonds. The smallest absolute Gasteiger partial charge is 0.234 e. The lowest BCUT2D eigenvalue weighted by Crippen LogP contribution is -2.15. The molecule has 1 N–H and O–H groups in total. The highest BCUT2D eigenvalue weighted by Gasteiger charge is 2.30. The number of thioether (sulfide) groups is 1. The minimum absolute atomic E-state index is 0.170. The summed E-state index contributed by atoms with van der Waals surface area (Å²) in [6, 6.07) is 8.28. The molecule has 0 unspecified atom stereocenters. The van der Waals surface area contributed by atoms with Crippen LogP contribution in [0.4, 0.5) is 10.1 Å². The SMILES string of the molecule is O=C(CSc1nnc(-c2cccs2)n1C1CC1)Nc1ccc(F)cc1Cl. The van der Waals surface area contributed by atoms with Gasteiger partial charge in [-0.15, -0.1) is 21.5 Å². The maximum Gasteiger partial charge on any atom is 0.234 e. The lowest BCUT2D eigenvalue weighted by molar-refractivity contribution is -0.113. The van der Waals surface area contributed by atoms with Crippen molar-refractivity contribution in [3.8, 4) is 10.7 Å². The van der Waals surface area contributed by atoms with Crippen LogP contribution in [0, 0.1) is 5.82 Å². The van der Waals surface area contributed by atoms with Crippen molar-refractivity contribution in [2.75, 3.05) is 11.1 Å². The Morgan fingerprint density at radius 3 is 2.92 bits per heavy atom. The zero-order valence-corrected chi connectivity index (χ0v) is 15.9. The topological polar surface area (TPSA) is 59.8 Å². The molecule has 9 heteroatoms. The van der Waals surface area contributed by atoms with Crippen molar-refractivity contribution in [2.45, 2.75) is 24.0 Å². The Labute approximate surface area is 162 Å². The molecule has 0 bridgehead atoms. The van der Waals surface area contributed by atoms with E-state index < -0.39 is 5.82 Å². The van der Waals surface area contributed by atoms with Crippen LogP contribution in [0.3, 0.4) is 0 Å². The van der Waals surface area contributed by atoms with E-state index in [0.29, 0.717) is 11.7 Å². The van der Waals surface area contributed by atoms with Crippen molar-refractivity contribution in [2.24, 2.45) is 0 Å². The van der Waals surface area contributed by atoms with Crippen LogP contribution in [0.5, 0.6) is 0 Å². The fourth-order valence-corrected chi connectivity index (χ4v) is 4.24. The standard InChI is InChI=1S/C17H14ClFN4OS2/c18-12-8-10(19)3-6-13(12)20-15(24)9-26-17-22-21-16(14-2-1-7-25-14)23(17)11-4-5-11/h1-3,6-8,11H,4-5,9H2,(H,20,24). The van der Waals surface area contributed by atoms with Crippen LogP contribution in [0.2, 0.25) is 5.02 Å². The van der Waals surface area contributed by atoms with Crippen LogP contribution in [0.1, 0.15) is 18.9 Å². The minimum atomic E-state index is -0.444. The molecule has 0 radical (unpaired) electrons. The molecular weight excluding hydrogens is 395 g/mol. The Kier molecular flexibility index (Phi) is 4.97. The molecule has 1 aliphatic rings. The number of anilines is 1. The van der Waals surface area contributed by atoms with Crippen LogP contribution in [-0.4, -0.2) is 26.4 Å². The second-order valence-electron chi connectivity index (χ2n) is 5.85. The molecule has 0 saturated heterocycles. The Morgan fingerprint density at radius 2 is 2.23 bits per heavy atom. The number of nitrogens with one attached hydrogen (secondary N) is 1. The molecule has 1 saturated carbocycles. The lowest BCUT2D eigenvalue weighted by Gasteiger charge is -2.09. The van der Waals surface area contributed by atoms with E-state index in [1.54, 1.807) is 11.3 Å². The van der Waals surface area contributed by atoms with E-state index in [1.807, 2.05) is 17.5 Å². The van der Waals surface area contributed by atoms with Crippen LogP contribution in [-0.2, 0) is 4.79 Å². The third-order valence-corrected chi connectivity index (χ3v) is 5.98. The first-order valence-corrected chi connectivity index (χ1v) is 10.2. The predicted octanol–water partition coefficient (Wildman–Crippen LogP) is 4.86. The molecule has 1 aliphatic carbocycles. The molecule has 26 heavy (non-hydrogen) atoms. The van der Waals surface area contributed by atoms with Crippen LogP contribution < -0.4 is 5.32 Å². The van der Waals surface area contributed by atoms with Crippen molar-refractivity contribution in [3.63, 3.8) is 0 Å².